The Kier molecular flexibility index (Phi) is 8.65. The summed E-state index contributed by atoms with van der Waals surface area (Å²) in [4.78, 5) is 11.3. The van der Waals surface area contributed by atoms with Crippen molar-refractivity contribution >= 4 is 5.97 Å². The van der Waals surface area contributed by atoms with Crippen LogP contribution in [0.15, 0.2) is 12.2 Å². The molecule has 0 bridgehead atoms. The van der Waals surface area contributed by atoms with E-state index in [0.717, 1.165) is 19.3 Å². The molecule has 0 saturated carbocycles. The van der Waals surface area contributed by atoms with E-state index in [9.17, 15) is 4.79 Å². The van der Waals surface area contributed by atoms with Crippen LogP contribution in [-0.2, 0) is 14.3 Å². The summed E-state index contributed by atoms with van der Waals surface area (Å²) < 4.78 is 10.4. The van der Waals surface area contributed by atoms with Gasteiger partial charge in [0.25, 0.3) is 0 Å². The lowest BCUT2D eigenvalue weighted by atomic mass is 10.1. The Balaban J connectivity index is 2.18. The van der Waals surface area contributed by atoms with Gasteiger partial charge in [0.1, 0.15) is 6.61 Å². The van der Waals surface area contributed by atoms with Crippen LogP contribution < -0.4 is 0 Å². The Hall–Kier alpha value is -0.830. The van der Waals surface area contributed by atoms with Crippen LogP contribution in [0.2, 0.25) is 0 Å². The Morgan fingerprint density at radius 2 is 1.65 bits per heavy atom. The molecule has 1 rings (SSSR count). The molecule has 0 saturated heterocycles. The van der Waals surface area contributed by atoms with Crippen molar-refractivity contribution in [1.82, 2.24) is 0 Å². The number of carbonyl (C=O) groups is 1. The van der Waals surface area contributed by atoms with Crippen molar-refractivity contribution in [2.24, 2.45) is 0 Å². The summed E-state index contributed by atoms with van der Waals surface area (Å²) in [5.74, 6) is -0.0868. The second-order valence-corrected chi connectivity index (χ2v) is 4.43. The first-order chi connectivity index (χ1) is 8.39. The number of hydrogen-bond donors (Lipinski definition) is 0. The predicted octanol–water partition coefficient (Wildman–Crippen LogP) is 3.24. The topological polar surface area (TPSA) is 35.5 Å². The van der Waals surface area contributed by atoms with Crippen LogP contribution in [0.5, 0.6) is 0 Å². The largest absolute Gasteiger partial charge is 0.463 e. The first-order valence-electron chi connectivity index (χ1n) is 6.78. The zero-order chi connectivity index (χ0) is 12.2. The third-order valence-electron chi connectivity index (χ3n) is 2.87. The lowest BCUT2D eigenvalue weighted by molar-refractivity contribution is -0.145. The quantitative estimate of drug-likeness (QED) is 0.481. The summed E-state index contributed by atoms with van der Waals surface area (Å²) in [6.45, 7) is 1.50. The lowest BCUT2D eigenvalue weighted by Gasteiger charge is -2.05. The van der Waals surface area contributed by atoms with Crippen LogP contribution in [0.3, 0.4) is 0 Å². The molecule has 98 valence electrons. The summed E-state index contributed by atoms with van der Waals surface area (Å²) in [6.07, 6.45) is 13.1. The zero-order valence-corrected chi connectivity index (χ0v) is 10.7. The average Bonchev–Trinajstić information content (AvgIpc) is 2.32. The molecule has 17 heavy (non-hydrogen) atoms. The SMILES string of the molecule is O=C1CCCCCCCC/C=C/COCCO1. The fraction of sp³-hybridized carbons (Fsp3) is 0.786. The van der Waals surface area contributed by atoms with Crippen molar-refractivity contribution in [2.45, 2.75) is 51.4 Å². The third kappa shape index (κ3) is 8.93. The van der Waals surface area contributed by atoms with E-state index in [2.05, 4.69) is 6.08 Å². The summed E-state index contributed by atoms with van der Waals surface area (Å²) in [6, 6.07) is 0. The van der Waals surface area contributed by atoms with E-state index < -0.39 is 0 Å². The summed E-state index contributed by atoms with van der Waals surface area (Å²) in [5, 5.41) is 0. The highest BCUT2D eigenvalue weighted by Crippen LogP contribution is 2.09. The molecule has 0 unspecified atom stereocenters. The van der Waals surface area contributed by atoms with Crippen molar-refractivity contribution in [3.63, 3.8) is 0 Å². The van der Waals surface area contributed by atoms with Crippen molar-refractivity contribution in [2.75, 3.05) is 19.8 Å². The number of allylic oxidation sites excluding steroid dienone is 1. The standard InChI is InChI=1S/C14H24O3/c15-14-10-8-6-4-2-1-3-5-7-9-11-16-12-13-17-14/h7,9H,1-6,8,10-13H2/b9-7+. The minimum absolute atomic E-state index is 0.0868. The molecule has 0 atom stereocenters. The molecule has 0 aromatic rings. The molecular formula is C14H24O3. The Bertz CT molecular complexity index is 224. The molecule has 1 heterocycles. The fourth-order valence-corrected chi connectivity index (χ4v) is 1.86. The highest BCUT2D eigenvalue weighted by Gasteiger charge is 2.02. The van der Waals surface area contributed by atoms with Gasteiger partial charge in [-0.05, 0) is 19.3 Å². The lowest BCUT2D eigenvalue weighted by Crippen LogP contribution is -2.10. The second kappa shape index (κ2) is 10.3. The van der Waals surface area contributed by atoms with Crippen LogP contribution >= 0.6 is 0 Å². The van der Waals surface area contributed by atoms with Gasteiger partial charge in [0.15, 0.2) is 0 Å². The highest BCUT2D eigenvalue weighted by atomic mass is 16.6. The van der Waals surface area contributed by atoms with Crippen molar-refractivity contribution in [3.8, 4) is 0 Å². The maximum Gasteiger partial charge on any atom is 0.305 e. The smallest absolute Gasteiger partial charge is 0.305 e. The Labute approximate surface area is 104 Å². The number of ether oxygens (including phenoxy) is 2. The van der Waals surface area contributed by atoms with Crippen molar-refractivity contribution in [3.05, 3.63) is 12.2 Å². The van der Waals surface area contributed by atoms with E-state index in [0.29, 0.717) is 26.2 Å². The normalized spacial score (nSPS) is 23.9. The molecule has 3 heteroatoms. The van der Waals surface area contributed by atoms with Gasteiger partial charge in [-0.25, -0.2) is 0 Å². The third-order valence-corrected chi connectivity index (χ3v) is 2.87. The number of carbonyl (C=O) groups excluding carboxylic acids is 1. The molecule has 0 aromatic carbocycles. The molecule has 1 aliphatic rings. The molecule has 0 radical (unpaired) electrons. The second-order valence-electron chi connectivity index (χ2n) is 4.43. The molecule has 0 aliphatic carbocycles. The maximum absolute atomic E-state index is 11.3. The minimum Gasteiger partial charge on any atom is -0.463 e. The van der Waals surface area contributed by atoms with Gasteiger partial charge in [-0.1, -0.05) is 37.8 Å². The maximum atomic E-state index is 11.3. The molecule has 0 N–H and O–H groups in total. The van der Waals surface area contributed by atoms with Gasteiger partial charge in [-0.2, -0.15) is 0 Å². The fourth-order valence-electron chi connectivity index (χ4n) is 1.86. The van der Waals surface area contributed by atoms with Crippen LogP contribution in [-0.4, -0.2) is 25.8 Å². The van der Waals surface area contributed by atoms with Gasteiger partial charge in [0.05, 0.1) is 13.2 Å². The van der Waals surface area contributed by atoms with Gasteiger partial charge >= 0.3 is 5.97 Å². The summed E-state index contributed by atoms with van der Waals surface area (Å²) >= 11 is 0. The molecule has 0 amide bonds. The first kappa shape index (κ1) is 14.2. The number of hydrogen-bond acceptors (Lipinski definition) is 3. The summed E-state index contributed by atoms with van der Waals surface area (Å²) in [5.41, 5.74) is 0. The molecule has 0 fully saturated rings. The van der Waals surface area contributed by atoms with Gasteiger partial charge in [0.2, 0.25) is 0 Å². The van der Waals surface area contributed by atoms with E-state index in [1.165, 1.54) is 25.7 Å². The molecule has 1 aliphatic heterocycles. The highest BCUT2D eigenvalue weighted by molar-refractivity contribution is 5.69. The molecule has 0 spiro atoms. The van der Waals surface area contributed by atoms with E-state index in [1.807, 2.05) is 6.08 Å². The summed E-state index contributed by atoms with van der Waals surface area (Å²) in [7, 11) is 0. The first-order valence-corrected chi connectivity index (χ1v) is 6.78. The van der Waals surface area contributed by atoms with Gasteiger partial charge in [-0.15, -0.1) is 0 Å². The molecule has 0 aromatic heterocycles. The minimum atomic E-state index is -0.0868. The van der Waals surface area contributed by atoms with Crippen LogP contribution in [0.4, 0.5) is 0 Å². The predicted molar refractivity (Wildman–Crippen MR) is 67.9 cm³/mol. The van der Waals surface area contributed by atoms with Gasteiger partial charge in [0, 0.05) is 6.42 Å². The van der Waals surface area contributed by atoms with Gasteiger partial charge in [-0.3, -0.25) is 4.79 Å². The van der Waals surface area contributed by atoms with Crippen LogP contribution in [0, 0.1) is 0 Å². The van der Waals surface area contributed by atoms with E-state index in [4.69, 9.17) is 9.47 Å². The van der Waals surface area contributed by atoms with E-state index in [-0.39, 0.29) is 5.97 Å². The zero-order valence-electron chi connectivity index (χ0n) is 10.7. The van der Waals surface area contributed by atoms with Crippen molar-refractivity contribution in [1.29, 1.82) is 0 Å². The van der Waals surface area contributed by atoms with Crippen LogP contribution in [0.25, 0.3) is 0 Å². The number of rotatable bonds is 0. The Morgan fingerprint density at radius 1 is 0.882 bits per heavy atom. The molecular weight excluding hydrogens is 216 g/mol. The Morgan fingerprint density at radius 3 is 2.53 bits per heavy atom. The monoisotopic (exact) mass is 240 g/mol. The van der Waals surface area contributed by atoms with E-state index >= 15 is 0 Å². The van der Waals surface area contributed by atoms with Gasteiger partial charge < -0.3 is 9.47 Å². The number of cyclic esters (lactones) is 1. The van der Waals surface area contributed by atoms with Crippen LogP contribution in [0.1, 0.15) is 51.4 Å². The number of esters is 1. The average molecular weight is 240 g/mol. The van der Waals surface area contributed by atoms with E-state index in [1.54, 1.807) is 0 Å². The molecule has 3 nitrogen and oxygen atoms in total. The van der Waals surface area contributed by atoms with Crippen molar-refractivity contribution < 1.29 is 14.3 Å².